The van der Waals surface area contributed by atoms with Gasteiger partial charge in [0, 0.05) is 10.5 Å². The largest absolute Gasteiger partial charge is 0.283 e. The summed E-state index contributed by atoms with van der Waals surface area (Å²) in [6.45, 7) is 0. The minimum absolute atomic E-state index is 0.139. The zero-order valence-corrected chi connectivity index (χ0v) is 9.00. The van der Waals surface area contributed by atoms with Gasteiger partial charge in [0.2, 0.25) is 0 Å². The fraction of sp³-hybridized carbons (Fsp3) is 0. The molecule has 11 heavy (non-hydrogen) atoms. The normalized spacial score (nSPS) is 9.64. The average Bonchev–Trinajstić information content (AvgIpc) is 1.94. The van der Waals surface area contributed by atoms with Crippen molar-refractivity contribution in [3.8, 4) is 0 Å². The molecule has 0 spiro atoms. The summed E-state index contributed by atoms with van der Waals surface area (Å²) in [5.74, 6) is 0. The maximum Gasteiger partial charge on any atom is 0.283 e. The van der Waals surface area contributed by atoms with Crippen LogP contribution >= 0.6 is 38.5 Å². The minimum Gasteiger partial charge on any atom is -0.258 e. The molecule has 1 aromatic carbocycles. The zero-order chi connectivity index (χ0) is 8.43. The first-order chi connectivity index (χ1) is 5.11. The Morgan fingerprint density at radius 2 is 2.18 bits per heavy atom. The van der Waals surface area contributed by atoms with E-state index in [2.05, 4.69) is 15.9 Å². The van der Waals surface area contributed by atoms with Gasteiger partial charge in [-0.05, 0) is 34.7 Å². The first-order valence-corrected chi connectivity index (χ1v) is 4.58. The van der Waals surface area contributed by atoms with Gasteiger partial charge < -0.3 is 0 Å². The van der Waals surface area contributed by atoms with E-state index in [-0.39, 0.29) is 5.69 Å². The Morgan fingerprint density at radius 3 is 2.64 bits per heavy atom. The fourth-order valence-electron chi connectivity index (χ4n) is 0.626. The van der Waals surface area contributed by atoms with Crippen molar-refractivity contribution in [3.05, 3.63) is 36.4 Å². The molecule has 58 valence electrons. The third-order valence-corrected chi connectivity index (χ3v) is 2.51. The van der Waals surface area contributed by atoms with Crippen LogP contribution in [-0.2, 0) is 0 Å². The van der Waals surface area contributed by atoms with E-state index in [4.69, 9.17) is 0 Å². The van der Waals surface area contributed by atoms with E-state index in [0.29, 0.717) is 3.57 Å². The van der Waals surface area contributed by atoms with Crippen LogP contribution in [0.25, 0.3) is 0 Å². The molecule has 0 bridgehead atoms. The molecular formula is C6H3BrINO2. The lowest BCUT2D eigenvalue weighted by molar-refractivity contribution is -0.385. The van der Waals surface area contributed by atoms with Crippen LogP contribution in [-0.4, -0.2) is 4.92 Å². The lowest BCUT2D eigenvalue weighted by Gasteiger charge is -1.94. The van der Waals surface area contributed by atoms with Crippen LogP contribution in [0.3, 0.4) is 0 Å². The van der Waals surface area contributed by atoms with E-state index < -0.39 is 4.92 Å². The predicted molar refractivity (Wildman–Crippen MR) is 53.5 cm³/mol. The quantitative estimate of drug-likeness (QED) is 0.452. The van der Waals surface area contributed by atoms with Crippen molar-refractivity contribution in [1.82, 2.24) is 0 Å². The van der Waals surface area contributed by atoms with Crippen LogP contribution < -0.4 is 0 Å². The summed E-state index contributed by atoms with van der Waals surface area (Å²) < 4.78 is 1.38. The second-order valence-electron chi connectivity index (χ2n) is 1.85. The van der Waals surface area contributed by atoms with Gasteiger partial charge in [0.05, 0.1) is 8.49 Å². The molecule has 0 aliphatic carbocycles. The molecule has 1 rings (SSSR count). The smallest absolute Gasteiger partial charge is 0.258 e. The monoisotopic (exact) mass is 327 g/mol. The molecule has 0 heterocycles. The third-order valence-electron chi connectivity index (χ3n) is 1.10. The van der Waals surface area contributed by atoms with Crippen molar-refractivity contribution >= 4 is 44.2 Å². The van der Waals surface area contributed by atoms with Crippen molar-refractivity contribution in [2.24, 2.45) is 0 Å². The van der Waals surface area contributed by atoms with Gasteiger partial charge in [-0.15, -0.1) is 0 Å². The zero-order valence-electron chi connectivity index (χ0n) is 5.25. The Balaban J connectivity index is 3.23. The van der Waals surface area contributed by atoms with Crippen LogP contribution in [0.4, 0.5) is 5.69 Å². The third kappa shape index (κ3) is 2.13. The van der Waals surface area contributed by atoms with Gasteiger partial charge in [-0.2, -0.15) is 0 Å². The number of nitrogens with zero attached hydrogens (tertiary/aromatic N) is 1. The summed E-state index contributed by atoms with van der Waals surface area (Å²) in [6, 6.07) is 4.96. The van der Waals surface area contributed by atoms with Crippen molar-refractivity contribution in [2.75, 3.05) is 0 Å². The van der Waals surface area contributed by atoms with E-state index in [1.807, 2.05) is 22.6 Å². The predicted octanol–water partition coefficient (Wildman–Crippen LogP) is 2.96. The van der Waals surface area contributed by atoms with E-state index in [9.17, 15) is 10.1 Å². The Morgan fingerprint density at radius 1 is 1.55 bits per heavy atom. The summed E-state index contributed by atoms with van der Waals surface area (Å²) in [4.78, 5) is 9.96. The Hall–Kier alpha value is -0.170. The van der Waals surface area contributed by atoms with Crippen LogP contribution in [0.15, 0.2) is 22.7 Å². The summed E-state index contributed by atoms with van der Waals surface area (Å²) in [6.07, 6.45) is 0. The van der Waals surface area contributed by atoms with Gasteiger partial charge in [0.15, 0.2) is 0 Å². The van der Waals surface area contributed by atoms with Crippen molar-refractivity contribution in [1.29, 1.82) is 0 Å². The molecule has 0 radical (unpaired) electrons. The van der Waals surface area contributed by atoms with E-state index in [1.165, 1.54) is 6.07 Å². The molecule has 0 N–H and O–H groups in total. The van der Waals surface area contributed by atoms with E-state index >= 15 is 0 Å². The second-order valence-corrected chi connectivity index (χ2v) is 3.93. The topological polar surface area (TPSA) is 43.1 Å². The van der Waals surface area contributed by atoms with Crippen LogP contribution in [0, 0.1) is 13.7 Å². The molecule has 0 saturated carbocycles. The standard InChI is InChI=1S/C6H3BrINO2/c7-4-1-2-5(8)6(3-4)9(10)11/h1-3H. The summed E-state index contributed by atoms with van der Waals surface area (Å²) >= 11 is 5.09. The molecule has 0 saturated heterocycles. The molecule has 1 aromatic rings. The molecule has 0 amide bonds. The lowest BCUT2D eigenvalue weighted by Crippen LogP contribution is -1.90. The molecule has 3 nitrogen and oxygen atoms in total. The molecular weight excluding hydrogens is 325 g/mol. The highest BCUT2D eigenvalue weighted by Gasteiger charge is 2.10. The van der Waals surface area contributed by atoms with Gasteiger partial charge in [0.1, 0.15) is 0 Å². The van der Waals surface area contributed by atoms with Gasteiger partial charge in [0.25, 0.3) is 5.69 Å². The van der Waals surface area contributed by atoms with Gasteiger partial charge in [-0.3, -0.25) is 10.1 Å². The number of benzene rings is 1. The second kappa shape index (κ2) is 3.48. The first-order valence-electron chi connectivity index (χ1n) is 2.70. The summed E-state index contributed by atoms with van der Waals surface area (Å²) in [5, 5.41) is 10.4. The van der Waals surface area contributed by atoms with E-state index in [1.54, 1.807) is 12.1 Å². The highest BCUT2D eigenvalue weighted by molar-refractivity contribution is 14.1. The number of rotatable bonds is 1. The SMILES string of the molecule is O=[N+]([O-])c1cc(Br)ccc1I. The number of hydrogen-bond acceptors (Lipinski definition) is 2. The summed E-state index contributed by atoms with van der Waals surface area (Å²) in [5.41, 5.74) is 0.139. The molecule has 0 aliphatic heterocycles. The molecule has 5 heteroatoms. The lowest BCUT2D eigenvalue weighted by atomic mass is 10.3. The van der Waals surface area contributed by atoms with Crippen molar-refractivity contribution in [3.63, 3.8) is 0 Å². The maximum absolute atomic E-state index is 10.4. The highest BCUT2D eigenvalue weighted by atomic mass is 127. The summed E-state index contributed by atoms with van der Waals surface area (Å²) in [7, 11) is 0. The Bertz CT molecular complexity index is 303. The number of nitro groups is 1. The molecule has 0 aromatic heterocycles. The Labute approximate surface area is 85.2 Å². The number of hydrogen-bond donors (Lipinski definition) is 0. The van der Waals surface area contributed by atoms with Crippen LogP contribution in [0.2, 0.25) is 0 Å². The fourth-order valence-corrected chi connectivity index (χ4v) is 1.51. The number of halogens is 2. The highest BCUT2D eigenvalue weighted by Crippen LogP contribution is 2.24. The minimum atomic E-state index is -0.396. The van der Waals surface area contributed by atoms with Crippen molar-refractivity contribution < 1.29 is 4.92 Å². The molecule has 0 unspecified atom stereocenters. The molecule has 0 fully saturated rings. The van der Waals surface area contributed by atoms with Crippen LogP contribution in [0.5, 0.6) is 0 Å². The number of nitro benzene ring substituents is 1. The Kier molecular flexibility index (Phi) is 2.83. The average molecular weight is 328 g/mol. The van der Waals surface area contributed by atoms with Gasteiger partial charge >= 0.3 is 0 Å². The van der Waals surface area contributed by atoms with E-state index in [0.717, 1.165) is 4.47 Å². The maximum atomic E-state index is 10.4. The van der Waals surface area contributed by atoms with Gasteiger partial charge in [-0.25, -0.2) is 0 Å². The van der Waals surface area contributed by atoms with Crippen molar-refractivity contribution in [2.45, 2.75) is 0 Å². The first kappa shape index (κ1) is 8.92. The molecule has 0 atom stereocenters. The van der Waals surface area contributed by atoms with Crippen LogP contribution in [0.1, 0.15) is 0 Å². The molecule has 0 aliphatic rings. The van der Waals surface area contributed by atoms with Gasteiger partial charge in [-0.1, -0.05) is 15.9 Å².